The Bertz CT molecular complexity index is 264. The van der Waals surface area contributed by atoms with Crippen LogP contribution in [0.15, 0.2) is 0 Å². The van der Waals surface area contributed by atoms with Gasteiger partial charge in [0, 0.05) is 19.0 Å². The van der Waals surface area contributed by atoms with Crippen molar-refractivity contribution in [1.29, 1.82) is 0 Å². The maximum atomic E-state index is 11.3. The van der Waals surface area contributed by atoms with Crippen LogP contribution in [0.4, 0.5) is 0 Å². The van der Waals surface area contributed by atoms with Crippen molar-refractivity contribution in [2.75, 3.05) is 26.0 Å². The Hall–Kier alpha value is 0.160. The lowest BCUT2D eigenvalue weighted by Gasteiger charge is -2.09. The molecule has 0 radical (unpaired) electrons. The number of rotatable bonds is 7. The van der Waals surface area contributed by atoms with Crippen molar-refractivity contribution in [3.8, 4) is 0 Å². The quantitative estimate of drug-likeness (QED) is 0.663. The molecule has 0 bridgehead atoms. The lowest BCUT2D eigenvalue weighted by Crippen LogP contribution is -2.33. The minimum atomic E-state index is -3.20. The first kappa shape index (κ1) is 12.2. The Kier molecular flexibility index (Phi) is 4.63. The molecule has 6 heteroatoms. The van der Waals surface area contributed by atoms with E-state index in [2.05, 4.69) is 4.72 Å². The average Bonchev–Trinajstić information content (AvgIpc) is 2.94. The minimum Gasteiger partial charge on any atom is -0.384 e. The van der Waals surface area contributed by atoms with Crippen molar-refractivity contribution in [2.24, 2.45) is 5.92 Å². The van der Waals surface area contributed by atoms with Crippen LogP contribution in [0, 0.1) is 5.92 Å². The van der Waals surface area contributed by atoms with E-state index in [1.165, 1.54) is 7.11 Å². The predicted octanol–water partition coefficient (Wildman–Crippen LogP) is 0.570. The first-order chi connectivity index (χ1) is 6.55. The zero-order chi connectivity index (χ0) is 10.6. The first-order valence-electron chi connectivity index (χ1n) is 4.65. The third-order valence-corrected chi connectivity index (χ3v) is 4.01. The number of hydrogen-bond donors (Lipinski definition) is 1. The number of sulfonamides is 1. The van der Waals surface area contributed by atoms with Crippen molar-refractivity contribution in [3.05, 3.63) is 0 Å². The molecule has 0 aromatic heterocycles. The zero-order valence-corrected chi connectivity index (χ0v) is 9.77. The van der Waals surface area contributed by atoms with Crippen molar-refractivity contribution in [2.45, 2.75) is 18.2 Å². The van der Waals surface area contributed by atoms with Crippen LogP contribution in [0.5, 0.6) is 0 Å². The maximum Gasteiger partial charge on any atom is 0.213 e. The molecule has 1 fully saturated rings. The molecule has 1 atom stereocenters. The Balaban J connectivity index is 2.20. The van der Waals surface area contributed by atoms with Gasteiger partial charge in [-0.15, -0.1) is 11.6 Å². The molecule has 1 aliphatic carbocycles. The smallest absolute Gasteiger partial charge is 0.213 e. The summed E-state index contributed by atoms with van der Waals surface area (Å²) in [6, 6.07) is 0. The molecule has 0 amide bonds. The van der Waals surface area contributed by atoms with Crippen molar-refractivity contribution in [1.82, 2.24) is 4.72 Å². The number of halogens is 1. The average molecular weight is 242 g/mol. The maximum absolute atomic E-state index is 11.3. The second kappa shape index (κ2) is 5.30. The number of nitrogens with one attached hydrogen (secondary N) is 1. The second-order valence-corrected chi connectivity index (χ2v) is 6.00. The van der Waals surface area contributed by atoms with Gasteiger partial charge >= 0.3 is 0 Å². The van der Waals surface area contributed by atoms with Gasteiger partial charge in [0.2, 0.25) is 10.0 Å². The fourth-order valence-corrected chi connectivity index (χ4v) is 2.48. The summed E-state index contributed by atoms with van der Waals surface area (Å²) in [5.74, 6) is 0.499. The van der Waals surface area contributed by atoms with Crippen LogP contribution in [-0.2, 0) is 14.8 Å². The molecule has 84 valence electrons. The summed E-state index contributed by atoms with van der Waals surface area (Å²) in [6.07, 6.45) is 2.24. The van der Waals surface area contributed by atoms with Crippen LogP contribution >= 0.6 is 11.6 Å². The van der Waals surface area contributed by atoms with Crippen molar-refractivity contribution >= 4 is 21.6 Å². The summed E-state index contributed by atoms with van der Waals surface area (Å²) in [5, 5.41) is -0.0627. The largest absolute Gasteiger partial charge is 0.384 e. The van der Waals surface area contributed by atoms with Gasteiger partial charge in [0.05, 0.1) is 12.4 Å². The van der Waals surface area contributed by atoms with E-state index in [4.69, 9.17) is 16.3 Å². The van der Waals surface area contributed by atoms with E-state index < -0.39 is 10.0 Å². The molecule has 0 spiro atoms. The Morgan fingerprint density at radius 3 is 2.71 bits per heavy atom. The van der Waals surface area contributed by atoms with Gasteiger partial charge in [-0.25, -0.2) is 13.1 Å². The van der Waals surface area contributed by atoms with Crippen LogP contribution in [-0.4, -0.2) is 39.8 Å². The summed E-state index contributed by atoms with van der Waals surface area (Å²) in [4.78, 5) is 0. The normalized spacial score (nSPS) is 19.6. The lowest BCUT2D eigenvalue weighted by molar-refractivity contribution is 0.217. The van der Waals surface area contributed by atoms with Crippen molar-refractivity contribution < 1.29 is 13.2 Å². The van der Waals surface area contributed by atoms with Gasteiger partial charge in [0.1, 0.15) is 0 Å². The topological polar surface area (TPSA) is 55.4 Å². The Morgan fingerprint density at radius 1 is 1.57 bits per heavy atom. The number of ether oxygens (including phenoxy) is 1. The van der Waals surface area contributed by atoms with Gasteiger partial charge in [-0.1, -0.05) is 0 Å². The summed E-state index contributed by atoms with van der Waals surface area (Å²) in [7, 11) is -1.73. The Morgan fingerprint density at radius 2 is 2.21 bits per heavy atom. The minimum absolute atomic E-state index is 0.00221. The van der Waals surface area contributed by atoms with Gasteiger partial charge in [-0.3, -0.25) is 0 Å². The SMILES string of the molecule is COCCS(=O)(=O)NCC(Cl)C1CC1. The van der Waals surface area contributed by atoms with Crippen LogP contribution in [0.2, 0.25) is 0 Å². The highest BCUT2D eigenvalue weighted by Crippen LogP contribution is 2.35. The number of alkyl halides is 1. The first-order valence-corrected chi connectivity index (χ1v) is 6.74. The highest BCUT2D eigenvalue weighted by atomic mass is 35.5. The second-order valence-electron chi connectivity index (χ2n) is 3.51. The molecule has 0 heterocycles. The third kappa shape index (κ3) is 4.59. The fraction of sp³-hybridized carbons (Fsp3) is 1.00. The van der Waals surface area contributed by atoms with Crippen LogP contribution in [0.1, 0.15) is 12.8 Å². The monoisotopic (exact) mass is 241 g/mol. The van der Waals surface area contributed by atoms with Gasteiger partial charge < -0.3 is 4.74 Å². The van der Waals surface area contributed by atoms with Gasteiger partial charge in [-0.05, 0) is 18.8 Å². The molecule has 1 rings (SSSR count). The van der Waals surface area contributed by atoms with Crippen LogP contribution < -0.4 is 4.72 Å². The summed E-state index contributed by atoms with van der Waals surface area (Å²) < 4.78 is 29.7. The summed E-state index contributed by atoms with van der Waals surface area (Å²) in [6.45, 7) is 0.546. The van der Waals surface area contributed by atoms with Gasteiger partial charge in [0.25, 0.3) is 0 Å². The number of hydrogen-bond acceptors (Lipinski definition) is 3. The highest BCUT2D eigenvalue weighted by molar-refractivity contribution is 7.89. The Labute approximate surface area is 90.0 Å². The molecule has 0 aromatic rings. The molecule has 4 nitrogen and oxygen atoms in total. The summed E-state index contributed by atoms with van der Waals surface area (Å²) in [5.41, 5.74) is 0. The fourth-order valence-electron chi connectivity index (χ4n) is 1.10. The standard InChI is InChI=1S/C8H16ClNO3S/c1-13-4-5-14(11,12)10-6-8(9)7-2-3-7/h7-8,10H,2-6H2,1H3. The molecule has 14 heavy (non-hydrogen) atoms. The van der Waals surface area contributed by atoms with Gasteiger partial charge in [-0.2, -0.15) is 0 Å². The van der Waals surface area contributed by atoms with E-state index in [0.29, 0.717) is 12.5 Å². The van der Waals surface area contributed by atoms with Crippen LogP contribution in [0.25, 0.3) is 0 Å². The predicted molar refractivity (Wildman–Crippen MR) is 56.0 cm³/mol. The molecule has 1 aliphatic rings. The molecular formula is C8H16ClNO3S. The zero-order valence-electron chi connectivity index (χ0n) is 8.20. The lowest BCUT2D eigenvalue weighted by atomic mass is 10.3. The molecule has 1 saturated carbocycles. The molecule has 0 saturated heterocycles. The molecular weight excluding hydrogens is 226 g/mol. The van der Waals surface area contributed by atoms with Gasteiger partial charge in [0.15, 0.2) is 0 Å². The van der Waals surface area contributed by atoms with E-state index in [-0.39, 0.29) is 17.7 Å². The van der Waals surface area contributed by atoms with E-state index in [9.17, 15) is 8.42 Å². The highest BCUT2D eigenvalue weighted by Gasteiger charge is 2.30. The van der Waals surface area contributed by atoms with E-state index in [1.54, 1.807) is 0 Å². The molecule has 1 unspecified atom stereocenters. The van der Waals surface area contributed by atoms with Crippen LogP contribution in [0.3, 0.4) is 0 Å². The molecule has 0 aromatic carbocycles. The van der Waals surface area contributed by atoms with E-state index in [0.717, 1.165) is 12.8 Å². The number of methoxy groups -OCH3 is 1. The summed E-state index contributed by atoms with van der Waals surface area (Å²) >= 11 is 5.96. The van der Waals surface area contributed by atoms with E-state index >= 15 is 0 Å². The molecule has 0 aliphatic heterocycles. The van der Waals surface area contributed by atoms with E-state index in [1.807, 2.05) is 0 Å². The third-order valence-electron chi connectivity index (χ3n) is 2.19. The molecule has 1 N–H and O–H groups in total. The van der Waals surface area contributed by atoms with Crippen molar-refractivity contribution in [3.63, 3.8) is 0 Å².